The van der Waals surface area contributed by atoms with Crippen LogP contribution < -0.4 is 9.44 Å². The molecule has 0 fully saturated rings. The molecule has 0 aliphatic rings. The highest BCUT2D eigenvalue weighted by Gasteiger charge is 2.19. The van der Waals surface area contributed by atoms with Crippen LogP contribution in [0.5, 0.6) is 0 Å². The first kappa shape index (κ1) is 21.4. The van der Waals surface area contributed by atoms with Crippen LogP contribution in [0.3, 0.4) is 0 Å². The Morgan fingerprint density at radius 2 is 1.48 bits per heavy atom. The van der Waals surface area contributed by atoms with Crippen molar-refractivity contribution in [2.24, 2.45) is 0 Å². The third-order valence-electron chi connectivity index (χ3n) is 3.98. The minimum atomic E-state index is -3.76. The van der Waals surface area contributed by atoms with Crippen LogP contribution in [0, 0.1) is 13.8 Å². The van der Waals surface area contributed by atoms with E-state index in [1.807, 2.05) is 13.8 Å². The molecule has 2 rings (SSSR count). The molecule has 148 valence electrons. The lowest BCUT2D eigenvalue weighted by molar-refractivity contribution is 0.180. The molecule has 0 spiro atoms. The molecule has 2 aromatic rings. The number of nitrogens with one attached hydrogen (secondary N) is 2. The zero-order valence-corrected chi connectivity index (χ0v) is 17.3. The summed E-state index contributed by atoms with van der Waals surface area (Å²) in [6, 6.07) is 10.00. The van der Waals surface area contributed by atoms with Gasteiger partial charge in [0.25, 0.3) is 10.0 Å². The van der Waals surface area contributed by atoms with Crippen molar-refractivity contribution in [2.45, 2.75) is 36.6 Å². The maximum absolute atomic E-state index is 12.5. The van der Waals surface area contributed by atoms with Gasteiger partial charge in [0, 0.05) is 18.8 Å². The number of hydrogen-bond donors (Lipinski definition) is 2. The Kier molecular flexibility index (Phi) is 6.63. The number of anilines is 1. The van der Waals surface area contributed by atoms with Gasteiger partial charge >= 0.3 is 0 Å². The lowest BCUT2D eigenvalue weighted by Gasteiger charge is -2.14. The quantitative estimate of drug-likeness (QED) is 0.693. The van der Waals surface area contributed by atoms with E-state index in [4.69, 9.17) is 4.74 Å². The predicted molar refractivity (Wildman–Crippen MR) is 105 cm³/mol. The predicted octanol–water partition coefficient (Wildman–Crippen LogP) is 2.42. The highest BCUT2D eigenvalue weighted by Crippen LogP contribution is 2.20. The second kappa shape index (κ2) is 8.39. The summed E-state index contributed by atoms with van der Waals surface area (Å²) in [5.74, 6) is 0. The summed E-state index contributed by atoms with van der Waals surface area (Å²) in [5, 5.41) is 0. The van der Waals surface area contributed by atoms with Crippen LogP contribution in [-0.4, -0.2) is 36.6 Å². The number of hydrogen-bond acceptors (Lipinski definition) is 5. The minimum Gasteiger partial charge on any atom is -0.383 e. The van der Waals surface area contributed by atoms with Crippen molar-refractivity contribution in [3.05, 3.63) is 53.6 Å². The average Bonchev–Trinajstić information content (AvgIpc) is 2.57. The van der Waals surface area contributed by atoms with E-state index < -0.39 is 20.0 Å². The molecule has 2 aromatic carbocycles. The van der Waals surface area contributed by atoms with Crippen LogP contribution in [0.25, 0.3) is 0 Å². The number of benzene rings is 2. The Morgan fingerprint density at radius 1 is 0.889 bits per heavy atom. The molecule has 7 nitrogen and oxygen atoms in total. The second-order valence-corrected chi connectivity index (χ2v) is 9.75. The summed E-state index contributed by atoms with van der Waals surface area (Å²) in [6.45, 7) is 5.67. The van der Waals surface area contributed by atoms with Crippen molar-refractivity contribution < 1.29 is 21.6 Å². The molecular weight excluding hydrogens is 388 g/mol. The fraction of sp³-hybridized carbons (Fsp3) is 0.333. The third kappa shape index (κ3) is 5.52. The highest BCUT2D eigenvalue weighted by atomic mass is 32.2. The normalized spacial score (nSPS) is 13.3. The summed E-state index contributed by atoms with van der Waals surface area (Å²) in [7, 11) is -5.98. The van der Waals surface area contributed by atoms with Gasteiger partial charge in [0.2, 0.25) is 10.0 Å². The minimum absolute atomic E-state index is 0.0413. The van der Waals surface area contributed by atoms with Crippen molar-refractivity contribution in [1.82, 2.24) is 4.72 Å². The zero-order chi connectivity index (χ0) is 20.2. The van der Waals surface area contributed by atoms with Gasteiger partial charge in [0.05, 0.1) is 16.4 Å². The monoisotopic (exact) mass is 412 g/mol. The van der Waals surface area contributed by atoms with Gasteiger partial charge in [0.15, 0.2) is 0 Å². The topological polar surface area (TPSA) is 102 Å². The van der Waals surface area contributed by atoms with Crippen molar-refractivity contribution in [3.8, 4) is 0 Å². The van der Waals surface area contributed by atoms with E-state index >= 15 is 0 Å². The van der Waals surface area contributed by atoms with E-state index in [1.54, 1.807) is 19.1 Å². The van der Waals surface area contributed by atoms with Crippen LogP contribution in [0.4, 0.5) is 5.69 Å². The average molecular weight is 413 g/mol. The Hall–Kier alpha value is -1.94. The second-order valence-electron chi connectivity index (χ2n) is 6.35. The fourth-order valence-corrected chi connectivity index (χ4v) is 4.79. The lowest BCUT2D eigenvalue weighted by Crippen LogP contribution is -2.35. The first-order valence-corrected chi connectivity index (χ1v) is 11.2. The molecule has 1 atom stereocenters. The third-order valence-corrected chi connectivity index (χ3v) is 6.96. The van der Waals surface area contributed by atoms with Gasteiger partial charge in [0.1, 0.15) is 0 Å². The van der Waals surface area contributed by atoms with Gasteiger partial charge in [-0.1, -0.05) is 6.07 Å². The maximum Gasteiger partial charge on any atom is 0.261 e. The molecule has 0 amide bonds. The lowest BCUT2D eigenvalue weighted by atomic mass is 10.1. The molecule has 0 saturated heterocycles. The standard InChI is InChI=1S/C18H24N2O5S2/c1-13-5-8-18(11-14(13)2)27(23,24)20-16-6-9-17(10-7-16)26(21,22)19-15(3)12-25-4/h5-11,15,19-20H,12H2,1-4H3. The number of ether oxygens (including phenoxy) is 1. The number of aryl methyl sites for hydroxylation is 2. The summed E-state index contributed by atoms with van der Waals surface area (Å²) in [6.07, 6.45) is 0. The first-order valence-electron chi connectivity index (χ1n) is 8.26. The Labute approximate surface area is 160 Å². The van der Waals surface area contributed by atoms with Crippen LogP contribution in [0.15, 0.2) is 52.3 Å². The van der Waals surface area contributed by atoms with E-state index in [-0.39, 0.29) is 28.1 Å². The zero-order valence-electron chi connectivity index (χ0n) is 15.7. The Bertz CT molecular complexity index is 1000. The van der Waals surface area contributed by atoms with Crippen LogP contribution in [0.2, 0.25) is 0 Å². The van der Waals surface area contributed by atoms with Crippen molar-refractivity contribution in [2.75, 3.05) is 18.4 Å². The van der Waals surface area contributed by atoms with Gasteiger partial charge in [-0.05, 0) is 68.3 Å². The molecular formula is C18H24N2O5S2. The molecule has 0 radical (unpaired) electrons. The summed E-state index contributed by atoms with van der Waals surface area (Å²) in [5.41, 5.74) is 2.14. The van der Waals surface area contributed by atoms with Gasteiger partial charge < -0.3 is 4.74 Å². The molecule has 0 bridgehead atoms. The number of methoxy groups -OCH3 is 1. The SMILES string of the molecule is COCC(C)NS(=O)(=O)c1ccc(NS(=O)(=O)c2ccc(C)c(C)c2)cc1. The highest BCUT2D eigenvalue weighted by molar-refractivity contribution is 7.92. The van der Waals surface area contributed by atoms with E-state index in [0.29, 0.717) is 0 Å². The molecule has 0 heterocycles. The number of rotatable bonds is 8. The molecule has 2 N–H and O–H groups in total. The summed E-state index contributed by atoms with van der Waals surface area (Å²) < 4.78 is 59.5. The Balaban J connectivity index is 2.18. The van der Waals surface area contributed by atoms with Gasteiger partial charge in [-0.3, -0.25) is 4.72 Å². The smallest absolute Gasteiger partial charge is 0.261 e. The van der Waals surface area contributed by atoms with E-state index in [9.17, 15) is 16.8 Å². The van der Waals surface area contributed by atoms with Gasteiger partial charge in [-0.25, -0.2) is 21.6 Å². The van der Waals surface area contributed by atoms with Crippen molar-refractivity contribution in [1.29, 1.82) is 0 Å². The van der Waals surface area contributed by atoms with Gasteiger partial charge in [-0.15, -0.1) is 0 Å². The van der Waals surface area contributed by atoms with E-state index in [1.165, 1.54) is 37.4 Å². The molecule has 9 heteroatoms. The molecule has 27 heavy (non-hydrogen) atoms. The Morgan fingerprint density at radius 3 is 2.04 bits per heavy atom. The molecule has 0 aliphatic heterocycles. The van der Waals surface area contributed by atoms with Crippen LogP contribution >= 0.6 is 0 Å². The van der Waals surface area contributed by atoms with Gasteiger partial charge in [-0.2, -0.15) is 0 Å². The molecule has 0 aliphatic carbocycles. The van der Waals surface area contributed by atoms with E-state index in [0.717, 1.165) is 11.1 Å². The van der Waals surface area contributed by atoms with Crippen LogP contribution in [-0.2, 0) is 24.8 Å². The number of sulfonamides is 2. The van der Waals surface area contributed by atoms with E-state index in [2.05, 4.69) is 9.44 Å². The largest absolute Gasteiger partial charge is 0.383 e. The molecule has 0 saturated carbocycles. The molecule has 0 aromatic heterocycles. The van der Waals surface area contributed by atoms with Crippen molar-refractivity contribution in [3.63, 3.8) is 0 Å². The van der Waals surface area contributed by atoms with Crippen LogP contribution in [0.1, 0.15) is 18.1 Å². The summed E-state index contributed by atoms with van der Waals surface area (Å²) in [4.78, 5) is 0.192. The molecule has 1 unspecified atom stereocenters. The fourth-order valence-electron chi connectivity index (χ4n) is 2.41. The first-order chi connectivity index (χ1) is 12.5. The van der Waals surface area contributed by atoms with Crippen molar-refractivity contribution >= 4 is 25.7 Å². The summed E-state index contributed by atoms with van der Waals surface area (Å²) >= 11 is 0. The maximum atomic E-state index is 12.5.